The molecule has 1 heterocycles. The van der Waals surface area contributed by atoms with Crippen LogP contribution in [0.25, 0.3) is 0 Å². The van der Waals surface area contributed by atoms with Gasteiger partial charge in [-0.1, -0.05) is 93.6 Å². The molecule has 0 N–H and O–H groups in total. The molecule has 4 aromatic rings. The van der Waals surface area contributed by atoms with E-state index >= 15 is 0 Å². The summed E-state index contributed by atoms with van der Waals surface area (Å²) < 4.78 is 13.8. The molecule has 4 rings (SSSR count). The van der Waals surface area contributed by atoms with E-state index in [9.17, 15) is 4.79 Å². The Hall–Kier alpha value is -3.48. The Morgan fingerprint density at radius 2 is 1.46 bits per heavy atom. The van der Waals surface area contributed by atoms with Gasteiger partial charge in [0.15, 0.2) is 0 Å². The maximum absolute atomic E-state index is 11.7. The van der Waals surface area contributed by atoms with Gasteiger partial charge in [-0.3, -0.25) is 0 Å². The molecule has 35 heavy (non-hydrogen) atoms. The fourth-order valence-corrected chi connectivity index (χ4v) is 9.11. The molecule has 0 fully saturated rings. The SMILES string of the molecule is COC(=O)c1ccc(Cn2cnc(CO[Si](c3ccccc3)(c3ccccc3)C(C)(C)C)c2)cc1. The maximum atomic E-state index is 11.7. The lowest BCUT2D eigenvalue weighted by molar-refractivity contribution is 0.0600. The highest BCUT2D eigenvalue weighted by Gasteiger charge is 2.50. The number of ether oxygens (including phenoxy) is 1. The molecule has 0 unspecified atom stereocenters. The predicted molar refractivity (Wildman–Crippen MR) is 142 cm³/mol. The average molecular weight is 485 g/mol. The largest absolute Gasteiger partial charge is 0.465 e. The summed E-state index contributed by atoms with van der Waals surface area (Å²) in [5.41, 5.74) is 2.51. The minimum absolute atomic E-state index is 0.0837. The van der Waals surface area contributed by atoms with E-state index in [4.69, 9.17) is 9.16 Å². The van der Waals surface area contributed by atoms with Crippen molar-refractivity contribution < 1.29 is 14.0 Å². The van der Waals surface area contributed by atoms with E-state index in [1.165, 1.54) is 17.5 Å². The van der Waals surface area contributed by atoms with E-state index in [0.29, 0.717) is 18.7 Å². The fourth-order valence-electron chi connectivity index (χ4n) is 4.59. The average Bonchev–Trinajstić information content (AvgIpc) is 3.32. The normalized spacial score (nSPS) is 11.9. The molecule has 6 heteroatoms. The van der Waals surface area contributed by atoms with Crippen molar-refractivity contribution in [3.63, 3.8) is 0 Å². The van der Waals surface area contributed by atoms with Crippen LogP contribution < -0.4 is 10.4 Å². The standard InChI is InChI=1S/C29H32N2O3Si/c1-29(2,3)35(26-11-7-5-8-12-26,27-13-9-6-10-14-27)34-21-25-20-31(22-30-25)19-23-15-17-24(18-16-23)28(32)33-4/h5-18,20,22H,19,21H2,1-4H3. The Bertz CT molecular complexity index is 1210. The van der Waals surface area contributed by atoms with Gasteiger partial charge >= 0.3 is 5.97 Å². The third kappa shape index (κ3) is 5.29. The van der Waals surface area contributed by atoms with E-state index in [2.05, 4.69) is 86.4 Å². The zero-order valence-corrected chi connectivity index (χ0v) is 21.8. The van der Waals surface area contributed by atoms with Gasteiger partial charge < -0.3 is 13.7 Å². The smallest absolute Gasteiger partial charge is 0.337 e. The first-order chi connectivity index (χ1) is 16.8. The van der Waals surface area contributed by atoms with E-state index in [0.717, 1.165) is 11.3 Å². The molecule has 0 aliphatic heterocycles. The summed E-state index contributed by atoms with van der Waals surface area (Å²) >= 11 is 0. The molecule has 5 nitrogen and oxygen atoms in total. The zero-order chi connectivity index (χ0) is 24.9. The van der Waals surface area contributed by atoms with Crippen molar-refractivity contribution in [2.75, 3.05) is 7.11 Å². The molecule has 0 saturated heterocycles. The highest BCUT2D eigenvalue weighted by Crippen LogP contribution is 2.37. The van der Waals surface area contributed by atoms with Gasteiger partial charge in [-0.05, 0) is 33.1 Å². The van der Waals surface area contributed by atoms with Crippen LogP contribution in [-0.2, 0) is 22.3 Å². The fraction of sp³-hybridized carbons (Fsp3) is 0.241. The molecule has 1 aromatic heterocycles. The lowest BCUT2D eigenvalue weighted by Gasteiger charge is -2.42. The molecule has 0 saturated carbocycles. The van der Waals surface area contributed by atoms with Gasteiger partial charge in [0.1, 0.15) is 0 Å². The van der Waals surface area contributed by atoms with Crippen molar-refractivity contribution in [2.24, 2.45) is 0 Å². The number of carbonyl (C=O) groups excluding carboxylic acids is 1. The van der Waals surface area contributed by atoms with Crippen molar-refractivity contribution >= 4 is 24.7 Å². The highest BCUT2D eigenvalue weighted by molar-refractivity contribution is 6.99. The number of aromatic nitrogens is 2. The molecular formula is C29H32N2O3Si. The number of hydrogen-bond acceptors (Lipinski definition) is 4. The van der Waals surface area contributed by atoms with Crippen LogP contribution in [0.3, 0.4) is 0 Å². The minimum atomic E-state index is -2.61. The molecule has 0 atom stereocenters. The third-order valence-corrected chi connectivity index (χ3v) is 11.3. The van der Waals surface area contributed by atoms with Crippen LogP contribution in [0.2, 0.25) is 5.04 Å². The summed E-state index contributed by atoms with van der Waals surface area (Å²) in [5.74, 6) is -0.332. The first-order valence-corrected chi connectivity index (χ1v) is 13.7. The van der Waals surface area contributed by atoms with Crippen molar-refractivity contribution in [2.45, 2.75) is 39.0 Å². The molecule has 0 amide bonds. The van der Waals surface area contributed by atoms with Gasteiger partial charge in [-0.15, -0.1) is 0 Å². The second-order valence-corrected chi connectivity index (χ2v) is 14.0. The lowest BCUT2D eigenvalue weighted by Crippen LogP contribution is -2.66. The van der Waals surface area contributed by atoms with Crippen LogP contribution >= 0.6 is 0 Å². The molecule has 0 radical (unpaired) electrons. The summed E-state index contributed by atoms with van der Waals surface area (Å²) in [5, 5.41) is 2.42. The van der Waals surface area contributed by atoms with E-state index in [1.54, 1.807) is 12.1 Å². The molecule has 0 bridgehead atoms. The van der Waals surface area contributed by atoms with Gasteiger partial charge in [0.05, 0.1) is 31.3 Å². The van der Waals surface area contributed by atoms with Crippen LogP contribution in [-0.4, -0.2) is 30.9 Å². The van der Waals surface area contributed by atoms with Gasteiger partial charge in [-0.2, -0.15) is 0 Å². The Kier molecular flexibility index (Phi) is 7.33. The first kappa shape index (κ1) is 24.6. The summed E-state index contributed by atoms with van der Waals surface area (Å²) in [7, 11) is -1.22. The summed E-state index contributed by atoms with van der Waals surface area (Å²) in [6, 6.07) is 28.7. The number of esters is 1. The van der Waals surface area contributed by atoms with Gasteiger partial charge in [0.2, 0.25) is 0 Å². The zero-order valence-electron chi connectivity index (χ0n) is 20.8. The Labute approximate surface area is 208 Å². The number of rotatable bonds is 8. The molecular weight excluding hydrogens is 452 g/mol. The van der Waals surface area contributed by atoms with E-state index in [-0.39, 0.29) is 11.0 Å². The molecule has 0 aliphatic rings. The summed E-state index contributed by atoms with van der Waals surface area (Å²) in [4.78, 5) is 16.3. The van der Waals surface area contributed by atoms with Crippen LogP contribution in [0.5, 0.6) is 0 Å². The quantitative estimate of drug-likeness (QED) is 0.266. The van der Waals surface area contributed by atoms with Gasteiger partial charge in [-0.25, -0.2) is 9.78 Å². The Balaban J connectivity index is 1.57. The van der Waals surface area contributed by atoms with Crippen LogP contribution in [0.15, 0.2) is 97.5 Å². The number of nitrogens with zero attached hydrogens (tertiary/aromatic N) is 2. The van der Waals surface area contributed by atoms with Crippen molar-refractivity contribution in [1.82, 2.24) is 9.55 Å². The van der Waals surface area contributed by atoms with Crippen LogP contribution in [0, 0.1) is 0 Å². The molecule has 180 valence electrons. The molecule has 0 spiro atoms. The molecule has 0 aliphatic carbocycles. The lowest BCUT2D eigenvalue weighted by atomic mass is 10.1. The van der Waals surface area contributed by atoms with E-state index in [1.807, 2.05) is 29.2 Å². The minimum Gasteiger partial charge on any atom is -0.465 e. The van der Waals surface area contributed by atoms with E-state index < -0.39 is 8.32 Å². The summed E-state index contributed by atoms with van der Waals surface area (Å²) in [6.07, 6.45) is 3.87. The number of benzene rings is 3. The van der Waals surface area contributed by atoms with Gasteiger partial charge in [0, 0.05) is 12.7 Å². The second-order valence-electron chi connectivity index (χ2n) is 9.68. The second kappa shape index (κ2) is 10.4. The number of hydrogen-bond donors (Lipinski definition) is 0. The predicted octanol–water partition coefficient (Wildman–Crippen LogP) is 4.79. The topological polar surface area (TPSA) is 53.4 Å². The Morgan fingerprint density at radius 3 is 1.97 bits per heavy atom. The highest BCUT2D eigenvalue weighted by atomic mass is 28.4. The maximum Gasteiger partial charge on any atom is 0.337 e. The number of methoxy groups -OCH3 is 1. The van der Waals surface area contributed by atoms with Crippen LogP contribution in [0.4, 0.5) is 0 Å². The number of carbonyl (C=O) groups is 1. The van der Waals surface area contributed by atoms with Crippen molar-refractivity contribution in [1.29, 1.82) is 0 Å². The third-order valence-electron chi connectivity index (χ3n) is 6.28. The Morgan fingerprint density at radius 1 is 0.886 bits per heavy atom. The van der Waals surface area contributed by atoms with Crippen molar-refractivity contribution in [3.05, 3.63) is 114 Å². The number of imidazole rings is 1. The first-order valence-electron chi connectivity index (χ1n) is 11.8. The monoisotopic (exact) mass is 484 g/mol. The molecule has 3 aromatic carbocycles. The van der Waals surface area contributed by atoms with Gasteiger partial charge in [0.25, 0.3) is 8.32 Å². The summed E-state index contributed by atoms with van der Waals surface area (Å²) in [6.45, 7) is 7.91. The van der Waals surface area contributed by atoms with Crippen molar-refractivity contribution in [3.8, 4) is 0 Å². The van der Waals surface area contributed by atoms with Crippen LogP contribution in [0.1, 0.15) is 42.4 Å².